The van der Waals surface area contributed by atoms with E-state index in [2.05, 4.69) is 28.1 Å². The van der Waals surface area contributed by atoms with Gasteiger partial charge in [0.05, 0.1) is 7.11 Å². The SMILES string of the molecule is COc1ccc(CN2C3CCC2c2cccnc2C3)cc1OCc1ccc(F)cc1. The summed E-state index contributed by atoms with van der Waals surface area (Å²) in [6.45, 7) is 1.24. The molecule has 0 spiro atoms. The van der Waals surface area contributed by atoms with Gasteiger partial charge in [-0.25, -0.2) is 4.39 Å². The Morgan fingerprint density at radius 2 is 1.87 bits per heavy atom. The first kappa shape index (κ1) is 19.1. The molecule has 0 saturated carbocycles. The van der Waals surface area contributed by atoms with Crippen LogP contribution in [0.5, 0.6) is 11.5 Å². The third-order valence-electron chi connectivity index (χ3n) is 6.26. The number of halogens is 1. The molecule has 2 atom stereocenters. The van der Waals surface area contributed by atoms with Gasteiger partial charge in [0.1, 0.15) is 12.4 Å². The molecule has 0 aliphatic carbocycles. The average Bonchev–Trinajstić information content (AvgIpc) is 3.05. The van der Waals surface area contributed by atoms with Gasteiger partial charge in [-0.1, -0.05) is 24.3 Å². The fourth-order valence-electron chi connectivity index (χ4n) is 4.76. The Morgan fingerprint density at radius 3 is 2.70 bits per heavy atom. The number of hydrogen-bond donors (Lipinski definition) is 0. The van der Waals surface area contributed by atoms with E-state index in [9.17, 15) is 4.39 Å². The van der Waals surface area contributed by atoms with Gasteiger partial charge >= 0.3 is 0 Å². The molecule has 0 radical (unpaired) electrons. The highest BCUT2D eigenvalue weighted by Crippen LogP contribution is 2.44. The summed E-state index contributed by atoms with van der Waals surface area (Å²) >= 11 is 0. The van der Waals surface area contributed by atoms with E-state index < -0.39 is 0 Å². The van der Waals surface area contributed by atoms with E-state index in [1.807, 2.05) is 18.3 Å². The molecule has 30 heavy (non-hydrogen) atoms. The third kappa shape index (κ3) is 3.65. The number of fused-ring (bicyclic) bond motifs is 4. The predicted octanol–water partition coefficient (Wildman–Crippen LogP) is 5.07. The zero-order valence-electron chi connectivity index (χ0n) is 17.1. The molecule has 3 aromatic rings. The van der Waals surface area contributed by atoms with Crippen LogP contribution in [0.4, 0.5) is 4.39 Å². The summed E-state index contributed by atoms with van der Waals surface area (Å²) < 4.78 is 24.7. The van der Waals surface area contributed by atoms with Gasteiger partial charge in [0, 0.05) is 36.9 Å². The summed E-state index contributed by atoms with van der Waals surface area (Å²) in [5, 5.41) is 0. The third-order valence-corrected chi connectivity index (χ3v) is 6.26. The van der Waals surface area contributed by atoms with Crippen LogP contribution in [-0.2, 0) is 19.6 Å². The molecule has 5 rings (SSSR count). The second-order valence-corrected chi connectivity index (χ2v) is 8.06. The Hall–Kier alpha value is -2.92. The van der Waals surface area contributed by atoms with Crippen LogP contribution in [0.3, 0.4) is 0 Å². The standard InChI is InChI=1S/C25H25FN2O2/c1-29-24-11-6-18(13-25(24)30-16-17-4-7-19(26)8-5-17)15-28-20-9-10-23(28)21-3-2-12-27-22(21)14-20/h2-8,11-13,20,23H,9-10,14-16H2,1H3. The first-order valence-electron chi connectivity index (χ1n) is 10.4. The van der Waals surface area contributed by atoms with Crippen LogP contribution in [0.1, 0.15) is 41.3 Å². The van der Waals surface area contributed by atoms with E-state index in [0.29, 0.717) is 30.2 Å². The lowest BCUT2D eigenvalue weighted by Crippen LogP contribution is -2.37. The van der Waals surface area contributed by atoms with Crippen LogP contribution in [0.15, 0.2) is 60.8 Å². The average molecular weight is 404 g/mol. The van der Waals surface area contributed by atoms with Crippen molar-refractivity contribution >= 4 is 0 Å². The smallest absolute Gasteiger partial charge is 0.161 e. The molecule has 2 unspecified atom stereocenters. The summed E-state index contributed by atoms with van der Waals surface area (Å²) in [6, 6.07) is 17.8. The fraction of sp³-hybridized carbons (Fsp3) is 0.320. The van der Waals surface area contributed by atoms with Crippen molar-refractivity contribution in [2.45, 2.75) is 44.5 Å². The number of methoxy groups -OCH3 is 1. The topological polar surface area (TPSA) is 34.6 Å². The summed E-state index contributed by atoms with van der Waals surface area (Å²) in [5.74, 6) is 1.18. The lowest BCUT2D eigenvalue weighted by molar-refractivity contribution is 0.166. The van der Waals surface area contributed by atoms with Crippen LogP contribution in [0, 0.1) is 5.82 Å². The highest BCUT2D eigenvalue weighted by Gasteiger charge is 2.40. The van der Waals surface area contributed by atoms with Crippen molar-refractivity contribution in [3.8, 4) is 11.5 Å². The lowest BCUT2D eigenvalue weighted by atomic mass is 9.97. The van der Waals surface area contributed by atoms with Crippen LogP contribution in [0.25, 0.3) is 0 Å². The normalized spacial score (nSPS) is 20.1. The highest BCUT2D eigenvalue weighted by molar-refractivity contribution is 5.43. The van der Waals surface area contributed by atoms with E-state index >= 15 is 0 Å². The van der Waals surface area contributed by atoms with Gasteiger partial charge in [-0.15, -0.1) is 0 Å². The van der Waals surface area contributed by atoms with Crippen LogP contribution in [0.2, 0.25) is 0 Å². The summed E-state index contributed by atoms with van der Waals surface area (Å²) in [7, 11) is 1.65. The number of nitrogens with zero attached hydrogens (tertiary/aromatic N) is 2. The van der Waals surface area contributed by atoms with E-state index in [1.54, 1.807) is 19.2 Å². The molecule has 1 saturated heterocycles. The maximum atomic E-state index is 13.1. The second kappa shape index (κ2) is 8.07. The van der Waals surface area contributed by atoms with Crippen LogP contribution < -0.4 is 9.47 Å². The molecular weight excluding hydrogens is 379 g/mol. The van der Waals surface area contributed by atoms with E-state index in [4.69, 9.17) is 9.47 Å². The number of hydrogen-bond acceptors (Lipinski definition) is 4. The number of rotatable bonds is 6. The molecule has 4 nitrogen and oxygen atoms in total. The molecule has 5 heteroatoms. The largest absolute Gasteiger partial charge is 0.493 e. The molecule has 3 heterocycles. The first-order valence-corrected chi connectivity index (χ1v) is 10.4. The van der Waals surface area contributed by atoms with Gasteiger partial charge in [-0.3, -0.25) is 9.88 Å². The lowest BCUT2D eigenvalue weighted by Gasteiger charge is -2.35. The minimum Gasteiger partial charge on any atom is -0.493 e. The quantitative estimate of drug-likeness (QED) is 0.575. The van der Waals surface area contributed by atoms with Crippen molar-refractivity contribution in [1.29, 1.82) is 0 Å². The number of pyridine rings is 1. The Labute approximate surface area is 176 Å². The van der Waals surface area contributed by atoms with Gasteiger partial charge in [0.15, 0.2) is 11.5 Å². The van der Waals surface area contributed by atoms with Crippen molar-refractivity contribution < 1.29 is 13.9 Å². The molecule has 154 valence electrons. The zero-order chi connectivity index (χ0) is 20.5. The number of benzene rings is 2. The Balaban J connectivity index is 1.34. The molecule has 1 fully saturated rings. The van der Waals surface area contributed by atoms with Crippen molar-refractivity contribution in [3.63, 3.8) is 0 Å². The molecule has 0 amide bonds. The van der Waals surface area contributed by atoms with Crippen molar-refractivity contribution in [3.05, 3.63) is 89.0 Å². The minimum absolute atomic E-state index is 0.244. The fourth-order valence-corrected chi connectivity index (χ4v) is 4.76. The summed E-state index contributed by atoms with van der Waals surface area (Å²) in [4.78, 5) is 7.22. The molecule has 0 N–H and O–H groups in total. The highest BCUT2D eigenvalue weighted by atomic mass is 19.1. The van der Waals surface area contributed by atoms with Gasteiger partial charge < -0.3 is 9.47 Å². The number of aromatic nitrogens is 1. The van der Waals surface area contributed by atoms with Crippen LogP contribution >= 0.6 is 0 Å². The number of ether oxygens (including phenoxy) is 2. The zero-order valence-corrected chi connectivity index (χ0v) is 17.1. The van der Waals surface area contributed by atoms with Gasteiger partial charge in [0.25, 0.3) is 0 Å². The maximum absolute atomic E-state index is 13.1. The molecule has 2 aromatic carbocycles. The van der Waals surface area contributed by atoms with E-state index in [1.165, 1.54) is 41.8 Å². The van der Waals surface area contributed by atoms with Gasteiger partial charge in [0.2, 0.25) is 0 Å². The summed E-state index contributed by atoms with van der Waals surface area (Å²) in [5.41, 5.74) is 4.77. The van der Waals surface area contributed by atoms with Gasteiger partial charge in [-0.2, -0.15) is 0 Å². The Bertz CT molecular complexity index is 1040. The van der Waals surface area contributed by atoms with Crippen molar-refractivity contribution in [1.82, 2.24) is 9.88 Å². The molecule has 2 bridgehead atoms. The minimum atomic E-state index is -0.244. The van der Waals surface area contributed by atoms with E-state index in [-0.39, 0.29) is 5.82 Å². The monoisotopic (exact) mass is 404 g/mol. The summed E-state index contributed by atoms with van der Waals surface area (Å²) in [6.07, 6.45) is 5.33. The second-order valence-electron chi connectivity index (χ2n) is 8.06. The first-order chi connectivity index (χ1) is 14.7. The molecule has 2 aliphatic rings. The molecular formula is C25H25FN2O2. The van der Waals surface area contributed by atoms with Crippen LogP contribution in [-0.4, -0.2) is 23.0 Å². The Kier molecular flexibility index (Phi) is 5.13. The maximum Gasteiger partial charge on any atom is 0.161 e. The van der Waals surface area contributed by atoms with Crippen molar-refractivity contribution in [2.75, 3.05) is 7.11 Å². The molecule has 1 aromatic heterocycles. The predicted molar refractivity (Wildman–Crippen MR) is 113 cm³/mol. The van der Waals surface area contributed by atoms with Gasteiger partial charge in [-0.05, 0) is 59.9 Å². The molecule has 2 aliphatic heterocycles. The van der Waals surface area contributed by atoms with E-state index in [0.717, 1.165) is 18.5 Å². The Morgan fingerprint density at radius 1 is 1.03 bits per heavy atom. The van der Waals surface area contributed by atoms with Crippen molar-refractivity contribution in [2.24, 2.45) is 0 Å².